The largest absolute Gasteiger partial charge is 0.490 e. The highest BCUT2D eigenvalue weighted by Crippen LogP contribution is 2.20. The quantitative estimate of drug-likeness (QED) is 0.827. The first-order chi connectivity index (χ1) is 12.0. The molecule has 3 heterocycles. The van der Waals surface area contributed by atoms with Gasteiger partial charge in [-0.05, 0) is 19.4 Å². The SMILES string of the molecule is Cc1cc(OC2CCN(C(=O)OCC3CCOC3)CC2)cc(=O)n1C. The zero-order valence-electron chi connectivity index (χ0n) is 14.9. The maximum Gasteiger partial charge on any atom is 0.409 e. The number of piperidine rings is 1. The van der Waals surface area contributed by atoms with Gasteiger partial charge >= 0.3 is 6.09 Å². The highest BCUT2D eigenvalue weighted by atomic mass is 16.6. The molecule has 3 rings (SSSR count). The van der Waals surface area contributed by atoms with Gasteiger partial charge < -0.3 is 23.7 Å². The third kappa shape index (κ3) is 4.54. The Kier molecular flexibility index (Phi) is 5.63. The Morgan fingerprint density at radius 2 is 2.04 bits per heavy atom. The van der Waals surface area contributed by atoms with Crippen LogP contribution in [0.2, 0.25) is 0 Å². The molecule has 0 spiro atoms. The molecule has 2 fully saturated rings. The number of carbonyl (C=O) groups excluding carboxylic acids is 1. The Bertz CT molecular complexity index is 658. The topological polar surface area (TPSA) is 70.0 Å². The van der Waals surface area contributed by atoms with Gasteiger partial charge in [0.15, 0.2) is 0 Å². The minimum absolute atomic E-state index is 0.0128. The van der Waals surface area contributed by atoms with Crippen molar-refractivity contribution in [3.63, 3.8) is 0 Å². The van der Waals surface area contributed by atoms with Crippen molar-refractivity contribution in [1.82, 2.24) is 9.47 Å². The zero-order valence-corrected chi connectivity index (χ0v) is 14.9. The van der Waals surface area contributed by atoms with Crippen LogP contribution in [0, 0.1) is 12.8 Å². The van der Waals surface area contributed by atoms with Crippen LogP contribution in [0.5, 0.6) is 5.75 Å². The standard InChI is InChI=1S/C18H26N2O5/c1-13-9-16(10-17(21)19(13)2)25-15-3-6-20(7-4-15)18(22)24-12-14-5-8-23-11-14/h9-10,14-15H,3-8,11-12H2,1-2H3. The fourth-order valence-corrected chi connectivity index (χ4v) is 3.15. The van der Waals surface area contributed by atoms with E-state index in [-0.39, 0.29) is 17.8 Å². The van der Waals surface area contributed by atoms with Gasteiger partial charge in [0.25, 0.3) is 5.56 Å². The average Bonchev–Trinajstić information content (AvgIpc) is 3.12. The van der Waals surface area contributed by atoms with E-state index in [0.717, 1.165) is 31.6 Å². The van der Waals surface area contributed by atoms with E-state index in [9.17, 15) is 9.59 Å². The molecular weight excluding hydrogens is 324 g/mol. The number of ether oxygens (including phenoxy) is 3. The van der Waals surface area contributed by atoms with Crippen molar-refractivity contribution in [2.24, 2.45) is 13.0 Å². The molecule has 138 valence electrons. The van der Waals surface area contributed by atoms with Gasteiger partial charge in [-0.3, -0.25) is 4.79 Å². The van der Waals surface area contributed by atoms with Crippen molar-refractivity contribution in [3.8, 4) is 5.75 Å². The molecule has 0 radical (unpaired) electrons. The number of aromatic nitrogens is 1. The fraction of sp³-hybridized carbons (Fsp3) is 0.667. The summed E-state index contributed by atoms with van der Waals surface area (Å²) >= 11 is 0. The summed E-state index contributed by atoms with van der Waals surface area (Å²) in [4.78, 5) is 25.7. The van der Waals surface area contributed by atoms with Crippen LogP contribution in [0.25, 0.3) is 0 Å². The number of amides is 1. The molecule has 0 aliphatic carbocycles. The van der Waals surface area contributed by atoms with E-state index in [4.69, 9.17) is 14.2 Å². The van der Waals surface area contributed by atoms with Gasteiger partial charge in [0, 0.05) is 57.3 Å². The number of aryl methyl sites for hydroxylation is 1. The van der Waals surface area contributed by atoms with Crippen LogP contribution < -0.4 is 10.3 Å². The molecule has 0 saturated carbocycles. The Hall–Kier alpha value is -2.02. The second-order valence-corrected chi connectivity index (χ2v) is 6.84. The van der Waals surface area contributed by atoms with E-state index in [1.165, 1.54) is 6.07 Å². The second kappa shape index (κ2) is 7.91. The number of hydrogen-bond acceptors (Lipinski definition) is 5. The predicted molar refractivity (Wildman–Crippen MR) is 91.9 cm³/mol. The lowest BCUT2D eigenvalue weighted by Crippen LogP contribution is -2.42. The molecule has 25 heavy (non-hydrogen) atoms. The minimum Gasteiger partial charge on any atom is -0.490 e. The van der Waals surface area contributed by atoms with E-state index in [2.05, 4.69) is 0 Å². The number of hydrogen-bond donors (Lipinski definition) is 0. The molecule has 1 amide bonds. The molecule has 0 bridgehead atoms. The summed E-state index contributed by atoms with van der Waals surface area (Å²) in [5, 5.41) is 0. The van der Waals surface area contributed by atoms with Crippen molar-refractivity contribution in [1.29, 1.82) is 0 Å². The first-order valence-electron chi connectivity index (χ1n) is 8.86. The van der Waals surface area contributed by atoms with Crippen molar-refractivity contribution in [2.75, 3.05) is 32.9 Å². The molecule has 7 nitrogen and oxygen atoms in total. The maximum absolute atomic E-state index is 12.1. The predicted octanol–water partition coefficient (Wildman–Crippen LogP) is 1.71. The zero-order chi connectivity index (χ0) is 17.8. The van der Waals surface area contributed by atoms with Gasteiger partial charge in [0.05, 0.1) is 13.2 Å². The van der Waals surface area contributed by atoms with E-state index >= 15 is 0 Å². The summed E-state index contributed by atoms with van der Waals surface area (Å²) in [6.45, 7) is 4.96. The molecule has 1 unspecified atom stereocenters. The number of likely N-dealkylation sites (tertiary alicyclic amines) is 1. The Balaban J connectivity index is 1.45. The highest BCUT2D eigenvalue weighted by Gasteiger charge is 2.26. The van der Waals surface area contributed by atoms with E-state index < -0.39 is 0 Å². The third-order valence-corrected chi connectivity index (χ3v) is 4.95. The first-order valence-corrected chi connectivity index (χ1v) is 8.86. The number of rotatable bonds is 4. The molecule has 2 aliphatic heterocycles. The van der Waals surface area contributed by atoms with Gasteiger partial charge in [-0.15, -0.1) is 0 Å². The van der Waals surface area contributed by atoms with Crippen LogP contribution in [0.15, 0.2) is 16.9 Å². The van der Waals surface area contributed by atoms with Crippen molar-refractivity contribution >= 4 is 6.09 Å². The molecule has 0 aromatic carbocycles. The summed E-state index contributed by atoms with van der Waals surface area (Å²) in [5.41, 5.74) is 0.784. The monoisotopic (exact) mass is 350 g/mol. The summed E-state index contributed by atoms with van der Waals surface area (Å²) in [5.74, 6) is 0.927. The molecule has 1 aromatic heterocycles. The first kappa shape index (κ1) is 17.8. The normalized spacial score (nSPS) is 21.4. The number of carbonyl (C=O) groups is 1. The lowest BCUT2D eigenvalue weighted by atomic mass is 10.1. The summed E-state index contributed by atoms with van der Waals surface area (Å²) < 4.78 is 18.2. The molecule has 1 atom stereocenters. The Morgan fingerprint density at radius 1 is 1.28 bits per heavy atom. The summed E-state index contributed by atoms with van der Waals surface area (Å²) in [7, 11) is 1.74. The molecule has 0 N–H and O–H groups in total. The highest BCUT2D eigenvalue weighted by molar-refractivity contribution is 5.67. The van der Waals surface area contributed by atoms with E-state index in [1.54, 1.807) is 16.5 Å². The number of nitrogens with zero attached hydrogens (tertiary/aromatic N) is 2. The molecule has 2 aliphatic rings. The third-order valence-electron chi connectivity index (χ3n) is 4.95. The van der Waals surface area contributed by atoms with Crippen molar-refractivity contribution in [3.05, 3.63) is 28.2 Å². The summed E-state index contributed by atoms with van der Waals surface area (Å²) in [6, 6.07) is 3.38. The lowest BCUT2D eigenvalue weighted by molar-refractivity contribution is 0.0574. The number of pyridine rings is 1. The Morgan fingerprint density at radius 3 is 2.68 bits per heavy atom. The second-order valence-electron chi connectivity index (χ2n) is 6.84. The molecule has 1 aromatic rings. The lowest BCUT2D eigenvalue weighted by Gasteiger charge is -2.31. The molecular formula is C18H26N2O5. The molecule has 7 heteroatoms. The van der Waals surface area contributed by atoms with Crippen molar-refractivity contribution in [2.45, 2.75) is 32.3 Å². The van der Waals surface area contributed by atoms with Gasteiger partial charge in [-0.1, -0.05) is 0 Å². The van der Waals surface area contributed by atoms with Gasteiger partial charge in [-0.25, -0.2) is 4.79 Å². The summed E-state index contributed by atoms with van der Waals surface area (Å²) in [6.07, 6.45) is 2.18. The van der Waals surface area contributed by atoms with Gasteiger partial charge in [-0.2, -0.15) is 0 Å². The van der Waals surface area contributed by atoms with Gasteiger partial charge in [0.1, 0.15) is 11.9 Å². The fourth-order valence-electron chi connectivity index (χ4n) is 3.15. The van der Waals surface area contributed by atoms with Crippen LogP contribution in [0.3, 0.4) is 0 Å². The van der Waals surface area contributed by atoms with Crippen LogP contribution >= 0.6 is 0 Å². The minimum atomic E-state index is -0.255. The van der Waals surface area contributed by atoms with Crippen LogP contribution in [-0.2, 0) is 16.5 Å². The smallest absolute Gasteiger partial charge is 0.409 e. The van der Waals surface area contributed by atoms with Crippen LogP contribution in [0.1, 0.15) is 25.0 Å². The van der Waals surface area contributed by atoms with Crippen molar-refractivity contribution < 1.29 is 19.0 Å². The van der Waals surface area contributed by atoms with E-state index in [0.29, 0.717) is 38.0 Å². The maximum atomic E-state index is 12.1. The van der Waals surface area contributed by atoms with Gasteiger partial charge in [0.2, 0.25) is 0 Å². The van der Waals surface area contributed by atoms with E-state index in [1.807, 2.05) is 13.0 Å². The average molecular weight is 350 g/mol. The molecule has 2 saturated heterocycles. The Labute approximate surface area is 147 Å². The van der Waals surface area contributed by atoms with Crippen LogP contribution in [-0.4, -0.2) is 54.6 Å². The van der Waals surface area contributed by atoms with Crippen LogP contribution in [0.4, 0.5) is 4.79 Å².